The van der Waals surface area contributed by atoms with Crippen LogP contribution in [0.2, 0.25) is 0 Å². The molecule has 1 aromatic rings. The SMILES string of the molecule is COC1CCN(Cc2cc(CN)no2)C1. The predicted molar refractivity (Wildman–Crippen MR) is 55.1 cm³/mol. The number of hydrogen-bond donors (Lipinski definition) is 1. The van der Waals surface area contributed by atoms with Crippen LogP contribution in [0, 0.1) is 0 Å². The van der Waals surface area contributed by atoms with Gasteiger partial charge < -0.3 is 15.0 Å². The molecule has 0 aromatic carbocycles. The highest BCUT2D eigenvalue weighted by Gasteiger charge is 2.22. The lowest BCUT2D eigenvalue weighted by molar-refractivity contribution is 0.106. The van der Waals surface area contributed by atoms with Crippen molar-refractivity contribution in [1.82, 2.24) is 10.1 Å². The van der Waals surface area contributed by atoms with Crippen LogP contribution in [-0.2, 0) is 17.8 Å². The lowest BCUT2D eigenvalue weighted by atomic mass is 10.3. The number of rotatable bonds is 4. The van der Waals surface area contributed by atoms with Crippen LogP contribution in [-0.4, -0.2) is 36.4 Å². The highest BCUT2D eigenvalue weighted by Crippen LogP contribution is 2.15. The van der Waals surface area contributed by atoms with Gasteiger partial charge in [0, 0.05) is 32.8 Å². The number of likely N-dealkylation sites (tertiary alicyclic amines) is 1. The first-order chi connectivity index (χ1) is 7.31. The third-order valence-corrected chi connectivity index (χ3v) is 2.76. The molecule has 0 radical (unpaired) electrons. The number of nitrogens with two attached hydrogens (primary N) is 1. The van der Waals surface area contributed by atoms with Gasteiger partial charge in [-0.2, -0.15) is 0 Å². The second-order valence-electron chi connectivity index (χ2n) is 3.87. The summed E-state index contributed by atoms with van der Waals surface area (Å²) in [5.41, 5.74) is 6.27. The Morgan fingerprint density at radius 3 is 3.20 bits per heavy atom. The number of ether oxygens (including phenoxy) is 1. The molecule has 0 spiro atoms. The predicted octanol–water partition coefficient (Wildman–Crippen LogP) is 0.354. The minimum atomic E-state index is 0.363. The molecule has 1 aromatic heterocycles. The van der Waals surface area contributed by atoms with Gasteiger partial charge in [-0.15, -0.1) is 0 Å². The molecule has 1 saturated heterocycles. The summed E-state index contributed by atoms with van der Waals surface area (Å²) in [7, 11) is 1.76. The zero-order valence-electron chi connectivity index (χ0n) is 8.98. The second-order valence-corrected chi connectivity index (χ2v) is 3.87. The van der Waals surface area contributed by atoms with Crippen molar-refractivity contribution >= 4 is 0 Å². The van der Waals surface area contributed by atoms with E-state index in [0.717, 1.165) is 37.5 Å². The van der Waals surface area contributed by atoms with Crippen LogP contribution in [0.25, 0.3) is 0 Å². The molecule has 5 heteroatoms. The molecule has 2 heterocycles. The van der Waals surface area contributed by atoms with Crippen molar-refractivity contribution in [2.75, 3.05) is 20.2 Å². The summed E-state index contributed by atoms with van der Waals surface area (Å²) in [5.74, 6) is 0.882. The molecule has 0 aliphatic carbocycles. The van der Waals surface area contributed by atoms with Gasteiger partial charge in [-0.25, -0.2) is 0 Å². The first-order valence-corrected chi connectivity index (χ1v) is 5.21. The normalized spacial score (nSPS) is 22.4. The standard InChI is InChI=1S/C10H17N3O2/c1-14-9-2-3-13(6-9)7-10-4-8(5-11)12-15-10/h4,9H,2-3,5-7,11H2,1H3. The molecule has 5 nitrogen and oxygen atoms in total. The Hall–Kier alpha value is -0.910. The fourth-order valence-corrected chi connectivity index (χ4v) is 1.88. The van der Waals surface area contributed by atoms with Crippen molar-refractivity contribution in [2.45, 2.75) is 25.6 Å². The number of nitrogens with zero attached hydrogens (tertiary/aromatic N) is 2. The van der Waals surface area contributed by atoms with Crippen molar-refractivity contribution in [2.24, 2.45) is 5.73 Å². The largest absolute Gasteiger partial charge is 0.380 e. The number of methoxy groups -OCH3 is 1. The molecular weight excluding hydrogens is 194 g/mol. The van der Waals surface area contributed by atoms with Crippen LogP contribution in [0.3, 0.4) is 0 Å². The van der Waals surface area contributed by atoms with E-state index in [2.05, 4.69) is 10.1 Å². The van der Waals surface area contributed by atoms with Crippen molar-refractivity contribution in [3.63, 3.8) is 0 Å². The lowest BCUT2D eigenvalue weighted by Gasteiger charge is -2.12. The zero-order chi connectivity index (χ0) is 10.7. The van der Waals surface area contributed by atoms with Crippen LogP contribution in [0.15, 0.2) is 10.6 Å². The fourth-order valence-electron chi connectivity index (χ4n) is 1.88. The monoisotopic (exact) mass is 211 g/mol. The third-order valence-electron chi connectivity index (χ3n) is 2.76. The molecule has 2 N–H and O–H groups in total. The number of hydrogen-bond acceptors (Lipinski definition) is 5. The summed E-state index contributed by atoms with van der Waals surface area (Å²) >= 11 is 0. The van der Waals surface area contributed by atoms with E-state index in [1.807, 2.05) is 6.07 Å². The van der Waals surface area contributed by atoms with E-state index in [1.54, 1.807) is 7.11 Å². The maximum atomic E-state index is 5.46. The molecule has 0 saturated carbocycles. The van der Waals surface area contributed by atoms with Crippen molar-refractivity contribution in [3.8, 4) is 0 Å². The Balaban J connectivity index is 1.87. The van der Waals surface area contributed by atoms with Crippen molar-refractivity contribution in [3.05, 3.63) is 17.5 Å². The minimum Gasteiger partial charge on any atom is -0.380 e. The van der Waals surface area contributed by atoms with E-state index >= 15 is 0 Å². The molecule has 1 unspecified atom stereocenters. The Bertz CT molecular complexity index is 313. The lowest BCUT2D eigenvalue weighted by Crippen LogP contribution is -2.22. The van der Waals surface area contributed by atoms with Gasteiger partial charge in [0.15, 0.2) is 5.76 Å². The van der Waals surface area contributed by atoms with E-state index in [1.165, 1.54) is 0 Å². The van der Waals surface area contributed by atoms with Crippen LogP contribution in [0.1, 0.15) is 17.9 Å². The van der Waals surface area contributed by atoms with E-state index in [4.69, 9.17) is 15.0 Å². The molecule has 0 amide bonds. The van der Waals surface area contributed by atoms with Gasteiger partial charge in [0.25, 0.3) is 0 Å². The Labute approximate surface area is 89.2 Å². The summed E-state index contributed by atoms with van der Waals surface area (Å²) in [6, 6.07) is 1.92. The molecule has 84 valence electrons. The number of aromatic nitrogens is 1. The van der Waals surface area contributed by atoms with E-state index in [9.17, 15) is 0 Å². The maximum absolute atomic E-state index is 5.46. The summed E-state index contributed by atoms with van der Waals surface area (Å²) in [5, 5.41) is 3.86. The highest BCUT2D eigenvalue weighted by atomic mass is 16.5. The maximum Gasteiger partial charge on any atom is 0.151 e. The first kappa shape index (κ1) is 10.6. The quantitative estimate of drug-likeness (QED) is 0.778. The van der Waals surface area contributed by atoms with E-state index in [0.29, 0.717) is 12.6 Å². The molecule has 2 rings (SSSR count). The molecule has 15 heavy (non-hydrogen) atoms. The topological polar surface area (TPSA) is 64.5 Å². The second kappa shape index (κ2) is 4.74. The van der Waals surface area contributed by atoms with E-state index < -0.39 is 0 Å². The van der Waals surface area contributed by atoms with Crippen LogP contribution < -0.4 is 5.73 Å². The highest BCUT2D eigenvalue weighted by molar-refractivity contribution is 5.05. The Morgan fingerprint density at radius 2 is 2.60 bits per heavy atom. The van der Waals surface area contributed by atoms with Crippen LogP contribution in [0.4, 0.5) is 0 Å². The molecule has 1 aliphatic heterocycles. The minimum absolute atomic E-state index is 0.363. The molecule has 1 aliphatic rings. The summed E-state index contributed by atoms with van der Waals surface area (Å²) in [6.07, 6.45) is 1.45. The van der Waals surface area contributed by atoms with Gasteiger partial charge in [0.2, 0.25) is 0 Å². The fraction of sp³-hybridized carbons (Fsp3) is 0.700. The summed E-state index contributed by atoms with van der Waals surface area (Å²) < 4.78 is 10.5. The van der Waals surface area contributed by atoms with Crippen LogP contribution >= 0.6 is 0 Å². The molecule has 0 bridgehead atoms. The zero-order valence-corrected chi connectivity index (χ0v) is 8.98. The average Bonchev–Trinajstić information content (AvgIpc) is 2.87. The summed E-state index contributed by atoms with van der Waals surface area (Å²) in [6.45, 7) is 3.25. The van der Waals surface area contributed by atoms with Gasteiger partial charge in [-0.05, 0) is 6.42 Å². The van der Waals surface area contributed by atoms with Crippen LogP contribution in [0.5, 0.6) is 0 Å². The van der Waals surface area contributed by atoms with Crippen molar-refractivity contribution < 1.29 is 9.26 Å². The molecule has 1 atom stereocenters. The average molecular weight is 211 g/mol. The van der Waals surface area contributed by atoms with Gasteiger partial charge in [-0.1, -0.05) is 5.16 Å². The smallest absolute Gasteiger partial charge is 0.151 e. The van der Waals surface area contributed by atoms with Gasteiger partial charge >= 0.3 is 0 Å². The van der Waals surface area contributed by atoms with Crippen molar-refractivity contribution in [1.29, 1.82) is 0 Å². The van der Waals surface area contributed by atoms with Gasteiger partial charge in [0.1, 0.15) is 0 Å². The van der Waals surface area contributed by atoms with Gasteiger partial charge in [0.05, 0.1) is 18.3 Å². The molecule has 1 fully saturated rings. The Kier molecular flexibility index (Phi) is 3.35. The molecular formula is C10H17N3O2. The van der Waals surface area contributed by atoms with E-state index in [-0.39, 0.29) is 0 Å². The third kappa shape index (κ3) is 2.56. The Morgan fingerprint density at radius 1 is 1.73 bits per heavy atom. The van der Waals surface area contributed by atoms with Gasteiger partial charge in [-0.3, -0.25) is 4.90 Å². The summed E-state index contributed by atoms with van der Waals surface area (Å²) in [4.78, 5) is 2.30. The first-order valence-electron chi connectivity index (χ1n) is 5.21.